The Morgan fingerprint density at radius 2 is 2.30 bits per heavy atom. The van der Waals surface area contributed by atoms with Crippen molar-refractivity contribution in [3.63, 3.8) is 0 Å². The number of carbonyl (C=O) groups is 1. The highest BCUT2D eigenvalue weighted by Gasteiger charge is 2.40. The predicted octanol–water partition coefficient (Wildman–Crippen LogP) is 2.87. The summed E-state index contributed by atoms with van der Waals surface area (Å²) in [5, 5.41) is 0. The molecule has 1 aromatic rings. The molecule has 2 rings (SSSR count). The number of alkyl halides is 3. The van der Waals surface area contributed by atoms with Crippen LogP contribution < -0.4 is 4.90 Å². The molecule has 1 aromatic heterocycles. The number of halogens is 3. The number of esters is 1. The van der Waals surface area contributed by atoms with E-state index in [0.717, 1.165) is 0 Å². The Bertz CT molecular complexity index is 499. The lowest BCUT2D eigenvalue weighted by molar-refractivity contribution is -0.00203. The summed E-state index contributed by atoms with van der Waals surface area (Å²) >= 11 is 3.03. The van der Waals surface area contributed by atoms with Crippen molar-refractivity contribution in [1.29, 1.82) is 0 Å². The van der Waals surface area contributed by atoms with Crippen molar-refractivity contribution in [3.05, 3.63) is 23.9 Å². The molecular formula is C13H15BrF2N2O2. The highest BCUT2D eigenvalue weighted by atomic mass is 79.9. The number of hydrogen-bond donors (Lipinski definition) is 0. The highest BCUT2D eigenvalue weighted by Crippen LogP contribution is 2.35. The smallest absolute Gasteiger partial charge is 0.341 e. The number of carbonyl (C=O) groups excluding carboxylic acids is 1. The Morgan fingerprint density at radius 1 is 1.55 bits per heavy atom. The molecule has 110 valence electrons. The molecule has 0 bridgehead atoms. The molecule has 0 spiro atoms. The van der Waals surface area contributed by atoms with E-state index >= 15 is 0 Å². The van der Waals surface area contributed by atoms with Crippen molar-refractivity contribution in [2.45, 2.75) is 23.6 Å². The normalized spacial score (nSPS) is 22.2. The van der Waals surface area contributed by atoms with Gasteiger partial charge in [0, 0.05) is 25.7 Å². The standard InChI is InChI=1S/C13H15BrF2N2O2/c1-20-12(19)9-3-2-6-17-11(9)18-7-4-10(14)13(15,16)5-8-18/h2-3,6,10H,4-5,7-8H2,1H3. The van der Waals surface area contributed by atoms with Crippen molar-refractivity contribution >= 4 is 27.7 Å². The molecule has 0 saturated carbocycles. The number of ether oxygens (including phenoxy) is 1. The lowest BCUT2D eigenvalue weighted by Gasteiger charge is -2.23. The van der Waals surface area contributed by atoms with Crippen LogP contribution in [0.3, 0.4) is 0 Å². The summed E-state index contributed by atoms with van der Waals surface area (Å²) in [5.74, 6) is -2.87. The van der Waals surface area contributed by atoms with E-state index in [-0.39, 0.29) is 19.4 Å². The van der Waals surface area contributed by atoms with Gasteiger partial charge in [0.1, 0.15) is 11.4 Å². The summed E-state index contributed by atoms with van der Waals surface area (Å²) in [6.45, 7) is 0.558. The molecule has 1 saturated heterocycles. The maximum absolute atomic E-state index is 13.7. The van der Waals surface area contributed by atoms with Gasteiger partial charge in [0.2, 0.25) is 0 Å². The SMILES string of the molecule is COC(=O)c1cccnc1N1CCC(Br)C(F)(F)CC1. The summed E-state index contributed by atoms with van der Waals surface area (Å²) in [4.78, 5) is 16.7. The first kappa shape index (κ1) is 15.2. The number of nitrogens with zero attached hydrogens (tertiary/aromatic N) is 2. The summed E-state index contributed by atoms with van der Waals surface area (Å²) in [6.07, 6.45) is 1.54. The van der Waals surface area contributed by atoms with Crippen molar-refractivity contribution in [2.75, 3.05) is 25.1 Å². The lowest BCUT2D eigenvalue weighted by Crippen LogP contribution is -2.29. The number of anilines is 1. The molecule has 2 heterocycles. The molecule has 1 aliphatic heterocycles. The molecule has 0 aromatic carbocycles. The maximum Gasteiger partial charge on any atom is 0.341 e. The van der Waals surface area contributed by atoms with Crippen LogP contribution in [0.4, 0.5) is 14.6 Å². The third kappa shape index (κ3) is 3.08. The average molecular weight is 349 g/mol. The second-order valence-corrected chi connectivity index (χ2v) is 5.73. The molecule has 1 atom stereocenters. The van der Waals surface area contributed by atoms with Gasteiger partial charge in [-0.1, -0.05) is 15.9 Å². The van der Waals surface area contributed by atoms with Gasteiger partial charge in [-0.15, -0.1) is 0 Å². The van der Waals surface area contributed by atoms with Gasteiger partial charge in [0.25, 0.3) is 5.92 Å². The van der Waals surface area contributed by atoms with Gasteiger partial charge in [0.05, 0.1) is 11.9 Å². The third-order valence-corrected chi connectivity index (χ3v) is 4.44. The van der Waals surface area contributed by atoms with Crippen LogP contribution in [0.25, 0.3) is 0 Å². The van der Waals surface area contributed by atoms with Crippen LogP contribution in [0.5, 0.6) is 0 Å². The van der Waals surface area contributed by atoms with E-state index in [0.29, 0.717) is 17.9 Å². The van der Waals surface area contributed by atoms with Crippen LogP contribution in [0, 0.1) is 0 Å². The van der Waals surface area contributed by atoms with E-state index < -0.39 is 16.7 Å². The van der Waals surface area contributed by atoms with Gasteiger partial charge >= 0.3 is 5.97 Å². The fourth-order valence-electron chi connectivity index (χ4n) is 2.16. The van der Waals surface area contributed by atoms with E-state index in [1.165, 1.54) is 13.3 Å². The van der Waals surface area contributed by atoms with Crippen molar-refractivity contribution < 1.29 is 18.3 Å². The number of hydrogen-bond acceptors (Lipinski definition) is 4. The number of rotatable bonds is 2. The molecule has 7 heteroatoms. The van der Waals surface area contributed by atoms with Crippen LogP contribution in [0.15, 0.2) is 18.3 Å². The Hall–Kier alpha value is -1.24. The minimum atomic E-state index is -2.76. The molecule has 1 fully saturated rings. The minimum Gasteiger partial charge on any atom is -0.465 e. The Kier molecular flexibility index (Phi) is 4.57. The quantitative estimate of drug-likeness (QED) is 0.608. The second-order valence-electron chi connectivity index (χ2n) is 4.62. The molecule has 0 radical (unpaired) electrons. The Labute approximate surface area is 124 Å². The topological polar surface area (TPSA) is 42.4 Å². The van der Waals surface area contributed by atoms with Crippen molar-refractivity contribution in [1.82, 2.24) is 4.98 Å². The van der Waals surface area contributed by atoms with Crippen molar-refractivity contribution in [3.8, 4) is 0 Å². The Balaban J connectivity index is 2.26. The van der Waals surface area contributed by atoms with E-state index in [2.05, 4.69) is 20.9 Å². The van der Waals surface area contributed by atoms with Crippen LogP contribution in [-0.2, 0) is 4.74 Å². The maximum atomic E-state index is 13.7. The van der Waals surface area contributed by atoms with Gasteiger partial charge in [0.15, 0.2) is 0 Å². The molecule has 0 aliphatic carbocycles. The van der Waals surface area contributed by atoms with Gasteiger partial charge in [-0.3, -0.25) is 0 Å². The van der Waals surface area contributed by atoms with Crippen molar-refractivity contribution in [2.24, 2.45) is 0 Å². The zero-order valence-electron chi connectivity index (χ0n) is 11.0. The van der Waals surface area contributed by atoms with E-state index in [1.54, 1.807) is 17.0 Å². The lowest BCUT2D eigenvalue weighted by atomic mass is 10.1. The molecule has 1 aliphatic rings. The zero-order chi connectivity index (χ0) is 14.8. The van der Waals surface area contributed by atoms with Crippen LogP contribution >= 0.6 is 15.9 Å². The van der Waals surface area contributed by atoms with Crippen LogP contribution in [-0.4, -0.2) is 41.9 Å². The fourth-order valence-corrected chi connectivity index (χ4v) is 2.60. The van der Waals surface area contributed by atoms with Gasteiger partial charge in [-0.2, -0.15) is 0 Å². The number of aromatic nitrogens is 1. The van der Waals surface area contributed by atoms with Gasteiger partial charge in [-0.25, -0.2) is 18.6 Å². The molecule has 4 nitrogen and oxygen atoms in total. The Morgan fingerprint density at radius 3 is 3.00 bits per heavy atom. The highest BCUT2D eigenvalue weighted by molar-refractivity contribution is 9.09. The first-order valence-corrected chi connectivity index (χ1v) is 7.17. The molecule has 0 N–H and O–H groups in total. The second kappa shape index (κ2) is 6.03. The summed E-state index contributed by atoms with van der Waals surface area (Å²) in [7, 11) is 1.28. The van der Waals surface area contributed by atoms with Crippen LogP contribution in [0.2, 0.25) is 0 Å². The predicted molar refractivity (Wildman–Crippen MR) is 74.7 cm³/mol. The first-order valence-electron chi connectivity index (χ1n) is 6.26. The van der Waals surface area contributed by atoms with Gasteiger partial charge < -0.3 is 9.64 Å². The minimum absolute atomic E-state index is 0.149. The monoisotopic (exact) mass is 348 g/mol. The molecular weight excluding hydrogens is 334 g/mol. The third-order valence-electron chi connectivity index (χ3n) is 3.32. The molecule has 20 heavy (non-hydrogen) atoms. The largest absolute Gasteiger partial charge is 0.465 e. The summed E-state index contributed by atoms with van der Waals surface area (Å²) in [5.41, 5.74) is 0.298. The zero-order valence-corrected chi connectivity index (χ0v) is 12.6. The van der Waals surface area contributed by atoms with E-state index in [4.69, 9.17) is 4.74 Å². The van der Waals surface area contributed by atoms with Crippen LogP contribution in [0.1, 0.15) is 23.2 Å². The average Bonchev–Trinajstić information content (AvgIpc) is 2.58. The summed E-state index contributed by atoms with van der Waals surface area (Å²) < 4.78 is 32.1. The molecule has 1 unspecified atom stereocenters. The fraction of sp³-hybridized carbons (Fsp3) is 0.538. The van der Waals surface area contributed by atoms with E-state index in [1.807, 2.05) is 0 Å². The van der Waals surface area contributed by atoms with E-state index in [9.17, 15) is 13.6 Å². The number of methoxy groups -OCH3 is 1. The number of pyridine rings is 1. The van der Waals surface area contributed by atoms with Gasteiger partial charge in [-0.05, 0) is 18.6 Å². The first-order chi connectivity index (χ1) is 9.45. The molecule has 0 amide bonds. The summed E-state index contributed by atoms with van der Waals surface area (Å²) in [6, 6.07) is 3.21.